The molecular weight excluding hydrogens is 508 g/mol. The Hall–Kier alpha value is -4.05. The van der Waals surface area contributed by atoms with Gasteiger partial charge in [-0.15, -0.1) is 0 Å². The molecule has 0 radical (unpaired) electrons. The zero-order chi connectivity index (χ0) is 27.6. The first-order valence-corrected chi connectivity index (χ1v) is 12.9. The average Bonchev–Trinajstić information content (AvgIpc) is 3.18. The number of allylic oxidation sites excluding steroid dienone is 1. The third-order valence-corrected chi connectivity index (χ3v) is 6.90. The number of aromatic nitrogens is 1. The van der Waals surface area contributed by atoms with Crippen LogP contribution >= 0.6 is 11.3 Å². The number of thiazole rings is 1. The Morgan fingerprint density at radius 1 is 1.16 bits per heavy atom. The lowest BCUT2D eigenvalue weighted by atomic mass is 9.95. The summed E-state index contributed by atoms with van der Waals surface area (Å²) in [4.78, 5) is 31.9. The van der Waals surface area contributed by atoms with Crippen molar-refractivity contribution in [2.45, 2.75) is 39.8 Å². The van der Waals surface area contributed by atoms with Crippen LogP contribution in [0.5, 0.6) is 23.0 Å². The van der Waals surface area contributed by atoms with Crippen LogP contribution in [0.4, 0.5) is 0 Å². The topological polar surface area (TPSA) is 109 Å². The average molecular weight is 539 g/mol. The molecule has 10 heteroatoms. The van der Waals surface area contributed by atoms with Crippen molar-refractivity contribution in [1.82, 2.24) is 4.57 Å². The van der Waals surface area contributed by atoms with Crippen LogP contribution in [0.3, 0.4) is 0 Å². The van der Waals surface area contributed by atoms with E-state index < -0.39 is 12.0 Å². The minimum Gasteiger partial charge on any atom is -0.504 e. The smallest absolute Gasteiger partial charge is 0.338 e. The summed E-state index contributed by atoms with van der Waals surface area (Å²) in [5.41, 5.74) is 1.40. The van der Waals surface area contributed by atoms with Gasteiger partial charge in [-0.25, -0.2) is 9.79 Å². The molecule has 0 amide bonds. The predicted molar refractivity (Wildman–Crippen MR) is 144 cm³/mol. The standard InChI is InChI=1S/C28H30N2O7S/c1-7-36-27(33)23-16(4)29-28-30(24(23)17-11-12-19(37-15(2)3)21(13-17)35-6)26(32)22(38-28)14-18-9-8-10-20(34-5)25(18)31/h8-15,24,31H,7H2,1-6H3/b22-14+/t24-/m1/s1. The first-order chi connectivity index (χ1) is 18.2. The number of fused-ring (bicyclic) bond motifs is 1. The van der Waals surface area contributed by atoms with Crippen molar-refractivity contribution in [2.24, 2.45) is 4.99 Å². The molecule has 3 aromatic rings. The molecule has 38 heavy (non-hydrogen) atoms. The molecule has 1 aliphatic rings. The number of methoxy groups -OCH3 is 2. The summed E-state index contributed by atoms with van der Waals surface area (Å²) in [6.45, 7) is 7.44. The lowest BCUT2D eigenvalue weighted by molar-refractivity contribution is -0.139. The zero-order valence-corrected chi connectivity index (χ0v) is 22.9. The van der Waals surface area contributed by atoms with Crippen LogP contribution < -0.4 is 29.1 Å². The molecule has 0 bridgehead atoms. The number of hydrogen-bond donors (Lipinski definition) is 1. The minimum absolute atomic E-state index is 0.0716. The second kappa shape index (κ2) is 11.1. The molecule has 0 saturated heterocycles. The number of benzene rings is 2. The third kappa shape index (κ3) is 5.04. The molecule has 4 rings (SSSR count). The monoisotopic (exact) mass is 538 g/mol. The molecule has 0 unspecified atom stereocenters. The van der Waals surface area contributed by atoms with E-state index in [1.54, 1.807) is 56.3 Å². The van der Waals surface area contributed by atoms with Crippen molar-refractivity contribution in [3.05, 3.63) is 78.5 Å². The Morgan fingerprint density at radius 2 is 1.89 bits per heavy atom. The number of rotatable bonds is 8. The molecular formula is C28H30N2O7S. The summed E-state index contributed by atoms with van der Waals surface area (Å²) < 4.78 is 23.8. The summed E-state index contributed by atoms with van der Waals surface area (Å²) in [5.74, 6) is 0.676. The maximum atomic E-state index is 13.8. The molecule has 1 atom stereocenters. The molecule has 0 aliphatic carbocycles. The van der Waals surface area contributed by atoms with Crippen LogP contribution in [0, 0.1) is 0 Å². The summed E-state index contributed by atoms with van der Waals surface area (Å²) in [5, 5.41) is 10.6. The summed E-state index contributed by atoms with van der Waals surface area (Å²) in [6.07, 6.45) is 1.51. The van der Waals surface area contributed by atoms with Gasteiger partial charge in [0.1, 0.15) is 0 Å². The predicted octanol–water partition coefficient (Wildman–Crippen LogP) is 3.31. The maximum absolute atomic E-state index is 13.8. The molecule has 1 aliphatic heterocycles. The molecule has 2 heterocycles. The SMILES string of the molecule is CCOC(=O)C1=C(C)N=c2s/c(=C/c3cccc(OC)c3O)c(=O)n2[C@@H]1c1ccc(OC(C)C)c(OC)c1. The number of esters is 1. The Morgan fingerprint density at radius 3 is 2.55 bits per heavy atom. The highest BCUT2D eigenvalue weighted by Gasteiger charge is 2.34. The van der Waals surface area contributed by atoms with E-state index in [1.165, 1.54) is 18.8 Å². The van der Waals surface area contributed by atoms with Crippen molar-refractivity contribution in [2.75, 3.05) is 20.8 Å². The van der Waals surface area contributed by atoms with Crippen LogP contribution in [0.25, 0.3) is 6.08 Å². The van der Waals surface area contributed by atoms with Gasteiger partial charge in [-0.3, -0.25) is 9.36 Å². The summed E-state index contributed by atoms with van der Waals surface area (Å²) in [7, 11) is 2.99. The first-order valence-electron chi connectivity index (χ1n) is 12.1. The second-order valence-electron chi connectivity index (χ2n) is 8.78. The lowest BCUT2D eigenvalue weighted by Crippen LogP contribution is -2.40. The summed E-state index contributed by atoms with van der Waals surface area (Å²) in [6, 6.07) is 9.54. The largest absolute Gasteiger partial charge is 0.504 e. The van der Waals surface area contributed by atoms with Gasteiger partial charge in [-0.05, 0) is 57.5 Å². The molecule has 1 N–H and O–H groups in total. The van der Waals surface area contributed by atoms with E-state index in [0.29, 0.717) is 43.4 Å². The number of aromatic hydroxyl groups is 1. The van der Waals surface area contributed by atoms with Crippen LogP contribution in [0.1, 0.15) is 44.9 Å². The number of phenolic OH excluding ortho intramolecular Hbond substituents is 1. The highest BCUT2D eigenvalue weighted by molar-refractivity contribution is 7.07. The van der Waals surface area contributed by atoms with Crippen molar-refractivity contribution in [1.29, 1.82) is 0 Å². The molecule has 2 aromatic carbocycles. The Labute approximate surface area is 223 Å². The van der Waals surface area contributed by atoms with Crippen molar-refractivity contribution in [3.8, 4) is 23.0 Å². The normalized spacial score (nSPS) is 15.2. The van der Waals surface area contributed by atoms with Gasteiger partial charge in [-0.2, -0.15) is 0 Å². The van der Waals surface area contributed by atoms with Gasteiger partial charge >= 0.3 is 5.97 Å². The highest BCUT2D eigenvalue weighted by atomic mass is 32.1. The summed E-state index contributed by atoms with van der Waals surface area (Å²) >= 11 is 1.16. The van der Waals surface area contributed by atoms with Gasteiger partial charge in [0.25, 0.3) is 5.56 Å². The fourth-order valence-electron chi connectivity index (χ4n) is 4.27. The van der Waals surface area contributed by atoms with E-state index in [4.69, 9.17) is 18.9 Å². The van der Waals surface area contributed by atoms with E-state index in [-0.39, 0.29) is 29.6 Å². The fraction of sp³-hybridized carbons (Fsp3) is 0.321. The van der Waals surface area contributed by atoms with Gasteiger partial charge in [0.2, 0.25) is 0 Å². The van der Waals surface area contributed by atoms with Gasteiger partial charge in [0.15, 0.2) is 27.8 Å². The highest BCUT2D eigenvalue weighted by Crippen LogP contribution is 2.36. The first kappa shape index (κ1) is 27.0. The molecule has 0 spiro atoms. The van der Waals surface area contributed by atoms with Gasteiger partial charge < -0.3 is 24.1 Å². The number of carbonyl (C=O) groups excluding carboxylic acids is 1. The number of phenols is 1. The van der Waals surface area contributed by atoms with E-state index in [2.05, 4.69) is 4.99 Å². The third-order valence-electron chi connectivity index (χ3n) is 5.92. The second-order valence-corrected chi connectivity index (χ2v) is 9.79. The molecule has 0 fully saturated rings. The van der Waals surface area contributed by atoms with E-state index in [1.807, 2.05) is 13.8 Å². The van der Waals surface area contributed by atoms with E-state index in [0.717, 1.165) is 11.3 Å². The Bertz CT molecular complexity index is 1580. The number of ether oxygens (including phenoxy) is 4. The van der Waals surface area contributed by atoms with Crippen molar-refractivity contribution < 1.29 is 28.8 Å². The van der Waals surface area contributed by atoms with E-state index >= 15 is 0 Å². The number of nitrogens with zero attached hydrogens (tertiary/aromatic N) is 2. The van der Waals surface area contributed by atoms with Crippen LogP contribution in [-0.4, -0.2) is 42.6 Å². The quantitative estimate of drug-likeness (QED) is 0.439. The van der Waals surface area contributed by atoms with Gasteiger partial charge in [-0.1, -0.05) is 29.5 Å². The van der Waals surface area contributed by atoms with Crippen molar-refractivity contribution >= 4 is 23.4 Å². The van der Waals surface area contributed by atoms with Gasteiger partial charge in [0, 0.05) is 5.56 Å². The minimum atomic E-state index is -0.812. The lowest BCUT2D eigenvalue weighted by Gasteiger charge is -2.25. The maximum Gasteiger partial charge on any atom is 0.338 e. The number of hydrogen-bond acceptors (Lipinski definition) is 9. The molecule has 0 saturated carbocycles. The zero-order valence-electron chi connectivity index (χ0n) is 22.1. The van der Waals surface area contributed by atoms with Crippen molar-refractivity contribution in [3.63, 3.8) is 0 Å². The van der Waals surface area contributed by atoms with E-state index in [9.17, 15) is 14.7 Å². The molecule has 9 nitrogen and oxygen atoms in total. The Balaban J connectivity index is 1.96. The molecule has 200 valence electrons. The van der Waals surface area contributed by atoms with Crippen LogP contribution in [0.2, 0.25) is 0 Å². The number of para-hydroxylation sites is 1. The van der Waals surface area contributed by atoms with Gasteiger partial charge in [0.05, 0.1) is 48.8 Å². The number of carbonyl (C=O) groups is 1. The molecule has 1 aromatic heterocycles. The van der Waals surface area contributed by atoms with Crippen LogP contribution in [0.15, 0.2) is 57.5 Å². The fourth-order valence-corrected chi connectivity index (χ4v) is 5.31. The van der Waals surface area contributed by atoms with Crippen LogP contribution in [-0.2, 0) is 9.53 Å². The Kier molecular flexibility index (Phi) is 7.91.